The molecule has 0 saturated heterocycles. The summed E-state index contributed by atoms with van der Waals surface area (Å²) >= 11 is 0. The molecule has 0 aromatic heterocycles. The molecule has 0 aliphatic carbocycles. The van der Waals surface area contributed by atoms with Gasteiger partial charge in [-0.05, 0) is 31.3 Å². The molecule has 17 heavy (non-hydrogen) atoms. The monoisotopic (exact) mass is 239 g/mol. The summed E-state index contributed by atoms with van der Waals surface area (Å²) in [6, 6.07) is 5.66. The van der Waals surface area contributed by atoms with Crippen molar-refractivity contribution < 1.29 is 13.9 Å². The summed E-state index contributed by atoms with van der Waals surface area (Å²) in [4.78, 5) is 13.8. The Morgan fingerprint density at radius 3 is 2.53 bits per heavy atom. The molecule has 0 heterocycles. The molecule has 0 saturated carbocycles. The zero-order valence-electron chi connectivity index (χ0n) is 10.3. The second-order valence-corrected chi connectivity index (χ2v) is 3.98. The quantitative estimate of drug-likeness (QED) is 0.681. The van der Waals surface area contributed by atoms with Crippen LogP contribution in [0.15, 0.2) is 24.3 Å². The zero-order valence-corrected chi connectivity index (χ0v) is 10.3. The van der Waals surface area contributed by atoms with E-state index < -0.39 is 0 Å². The van der Waals surface area contributed by atoms with Gasteiger partial charge in [-0.15, -0.1) is 0 Å². The Labute approximate surface area is 101 Å². The molecule has 1 aromatic carbocycles. The number of halogens is 1. The van der Waals surface area contributed by atoms with E-state index in [4.69, 9.17) is 4.74 Å². The highest BCUT2D eigenvalue weighted by Crippen LogP contribution is 2.06. The summed E-state index contributed by atoms with van der Waals surface area (Å²) in [5, 5.41) is 0. The fraction of sp³-hybridized carbons (Fsp3) is 0.462. The molecule has 3 nitrogen and oxygen atoms in total. The Hall–Kier alpha value is -1.26. The van der Waals surface area contributed by atoms with E-state index in [9.17, 15) is 9.18 Å². The van der Waals surface area contributed by atoms with Crippen LogP contribution in [-0.2, 0) is 4.74 Å². The van der Waals surface area contributed by atoms with Crippen molar-refractivity contribution in [1.29, 1.82) is 0 Å². The van der Waals surface area contributed by atoms with Crippen molar-refractivity contribution in [2.75, 3.05) is 33.9 Å². The van der Waals surface area contributed by atoms with Crippen LogP contribution in [0.4, 0.5) is 4.39 Å². The Bertz CT molecular complexity index is 351. The summed E-state index contributed by atoms with van der Waals surface area (Å²) in [6.45, 7) is 2.13. The van der Waals surface area contributed by atoms with E-state index in [0.29, 0.717) is 25.1 Å². The number of ketones is 1. The fourth-order valence-corrected chi connectivity index (χ4v) is 1.43. The van der Waals surface area contributed by atoms with Crippen LogP contribution in [0.5, 0.6) is 0 Å². The second-order valence-electron chi connectivity index (χ2n) is 3.98. The lowest BCUT2D eigenvalue weighted by atomic mass is 10.1. The van der Waals surface area contributed by atoms with Crippen LogP contribution in [0.1, 0.15) is 16.8 Å². The fourth-order valence-electron chi connectivity index (χ4n) is 1.43. The number of carbonyl (C=O) groups excluding carboxylic acids is 1. The normalized spacial score (nSPS) is 10.8. The van der Waals surface area contributed by atoms with E-state index >= 15 is 0 Å². The van der Waals surface area contributed by atoms with E-state index in [-0.39, 0.29) is 11.6 Å². The average Bonchev–Trinajstić information content (AvgIpc) is 2.34. The van der Waals surface area contributed by atoms with Gasteiger partial charge in [0.15, 0.2) is 5.78 Å². The minimum atomic E-state index is -0.321. The largest absolute Gasteiger partial charge is 0.383 e. The molecule has 4 heteroatoms. The number of likely N-dealkylation sites (N-methyl/N-ethyl adjacent to an activating group) is 1. The van der Waals surface area contributed by atoms with Crippen molar-refractivity contribution in [2.45, 2.75) is 6.42 Å². The Kier molecular flexibility index (Phi) is 5.80. The molecule has 0 fully saturated rings. The molecule has 0 bridgehead atoms. The molecule has 0 N–H and O–H groups in total. The standard InChI is InChI=1S/C13H18FNO2/c1-15(9-10-17-2)8-7-13(16)11-3-5-12(14)6-4-11/h3-6H,7-10H2,1-2H3. The smallest absolute Gasteiger partial charge is 0.164 e. The van der Waals surface area contributed by atoms with Crippen LogP contribution in [0.3, 0.4) is 0 Å². The highest BCUT2D eigenvalue weighted by molar-refractivity contribution is 5.96. The first kappa shape index (κ1) is 13.8. The van der Waals surface area contributed by atoms with Crippen molar-refractivity contribution in [3.8, 4) is 0 Å². The lowest BCUT2D eigenvalue weighted by Crippen LogP contribution is -2.25. The number of ether oxygens (including phenoxy) is 1. The van der Waals surface area contributed by atoms with Crippen LogP contribution < -0.4 is 0 Å². The number of methoxy groups -OCH3 is 1. The van der Waals surface area contributed by atoms with Crippen molar-refractivity contribution in [3.05, 3.63) is 35.6 Å². The maximum atomic E-state index is 12.7. The topological polar surface area (TPSA) is 29.5 Å². The summed E-state index contributed by atoms with van der Waals surface area (Å²) in [6.07, 6.45) is 0.436. The molecule has 1 rings (SSSR count). The van der Waals surface area contributed by atoms with Crippen molar-refractivity contribution >= 4 is 5.78 Å². The van der Waals surface area contributed by atoms with Gasteiger partial charge >= 0.3 is 0 Å². The van der Waals surface area contributed by atoms with E-state index in [1.165, 1.54) is 24.3 Å². The van der Waals surface area contributed by atoms with Gasteiger partial charge in [-0.1, -0.05) is 0 Å². The molecule has 1 aromatic rings. The molecule has 0 radical (unpaired) electrons. The van der Waals surface area contributed by atoms with Gasteiger partial charge in [0.2, 0.25) is 0 Å². The number of rotatable bonds is 7. The van der Waals surface area contributed by atoms with Crippen molar-refractivity contribution in [3.63, 3.8) is 0 Å². The molecule has 0 atom stereocenters. The Morgan fingerprint density at radius 1 is 1.29 bits per heavy atom. The highest BCUT2D eigenvalue weighted by Gasteiger charge is 2.07. The van der Waals surface area contributed by atoms with E-state index in [1.54, 1.807) is 7.11 Å². The van der Waals surface area contributed by atoms with Crippen LogP contribution >= 0.6 is 0 Å². The van der Waals surface area contributed by atoms with Gasteiger partial charge in [-0.3, -0.25) is 4.79 Å². The molecule has 0 aliphatic heterocycles. The van der Waals surface area contributed by atoms with Gasteiger partial charge in [-0.25, -0.2) is 4.39 Å². The Balaban J connectivity index is 2.36. The van der Waals surface area contributed by atoms with Crippen LogP contribution in [0.25, 0.3) is 0 Å². The average molecular weight is 239 g/mol. The molecular formula is C13H18FNO2. The number of hydrogen-bond donors (Lipinski definition) is 0. The minimum Gasteiger partial charge on any atom is -0.383 e. The van der Waals surface area contributed by atoms with Crippen LogP contribution in [0.2, 0.25) is 0 Å². The zero-order chi connectivity index (χ0) is 12.7. The number of Topliss-reactive ketones (excluding diaryl/α,β-unsaturated/α-hetero) is 1. The number of benzene rings is 1. The lowest BCUT2D eigenvalue weighted by molar-refractivity contribution is 0.0960. The molecule has 0 spiro atoms. The molecule has 94 valence electrons. The number of nitrogens with zero attached hydrogens (tertiary/aromatic N) is 1. The first-order chi connectivity index (χ1) is 8.13. The summed E-state index contributed by atoms with van der Waals surface area (Å²) in [5.41, 5.74) is 0.562. The van der Waals surface area contributed by atoms with Gasteiger partial charge in [0.1, 0.15) is 5.82 Å². The van der Waals surface area contributed by atoms with Gasteiger partial charge in [-0.2, -0.15) is 0 Å². The Morgan fingerprint density at radius 2 is 1.94 bits per heavy atom. The van der Waals surface area contributed by atoms with Gasteiger partial charge in [0.25, 0.3) is 0 Å². The number of carbonyl (C=O) groups is 1. The number of hydrogen-bond acceptors (Lipinski definition) is 3. The summed E-state index contributed by atoms with van der Waals surface area (Å²) < 4.78 is 17.6. The minimum absolute atomic E-state index is 0.0364. The van der Waals surface area contributed by atoms with Gasteiger partial charge in [0, 0.05) is 32.2 Å². The van der Waals surface area contributed by atoms with Crippen LogP contribution in [0, 0.1) is 5.82 Å². The summed E-state index contributed by atoms with van der Waals surface area (Å²) in [5.74, 6) is -0.284. The summed E-state index contributed by atoms with van der Waals surface area (Å²) in [7, 11) is 3.59. The highest BCUT2D eigenvalue weighted by atomic mass is 19.1. The predicted molar refractivity (Wildman–Crippen MR) is 64.7 cm³/mol. The maximum Gasteiger partial charge on any atom is 0.164 e. The van der Waals surface area contributed by atoms with Gasteiger partial charge in [0.05, 0.1) is 6.61 Å². The maximum absolute atomic E-state index is 12.7. The van der Waals surface area contributed by atoms with E-state index in [1.807, 2.05) is 11.9 Å². The van der Waals surface area contributed by atoms with Crippen LogP contribution in [-0.4, -0.2) is 44.5 Å². The molecular weight excluding hydrogens is 221 g/mol. The van der Waals surface area contributed by atoms with E-state index in [0.717, 1.165) is 6.54 Å². The van der Waals surface area contributed by atoms with Crippen molar-refractivity contribution in [1.82, 2.24) is 4.90 Å². The molecule has 0 amide bonds. The third-order valence-electron chi connectivity index (χ3n) is 2.56. The van der Waals surface area contributed by atoms with E-state index in [2.05, 4.69) is 0 Å². The third-order valence-corrected chi connectivity index (χ3v) is 2.56. The first-order valence-electron chi connectivity index (χ1n) is 5.59. The SMILES string of the molecule is COCCN(C)CCC(=O)c1ccc(F)cc1. The third kappa shape index (κ3) is 5.06. The van der Waals surface area contributed by atoms with Gasteiger partial charge < -0.3 is 9.64 Å². The first-order valence-corrected chi connectivity index (χ1v) is 5.59. The predicted octanol–water partition coefficient (Wildman–Crippen LogP) is 1.98. The lowest BCUT2D eigenvalue weighted by Gasteiger charge is -2.15. The molecule has 0 aliphatic rings. The van der Waals surface area contributed by atoms with Crippen molar-refractivity contribution in [2.24, 2.45) is 0 Å². The molecule has 0 unspecified atom stereocenters. The second kappa shape index (κ2) is 7.14.